The number of urea groups is 1. The number of imide groups is 1. The maximum Gasteiger partial charge on any atom is 0.329 e. The largest absolute Gasteiger partial charge is 0.494 e. The van der Waals surface area contributed by atoms with E-state index in [1.807, 2.05) is 42.2 Å². The molecule has 4 aliphatic heterocycles. The smallest absolute Gasteiger partial charge is 0.329 e. The number of methoxy groups -OCH3 is 1. The Labute approximate surface area is 425 Å². The second kappa shape index (κ2) is 20.2. The van der Waals surface area contributed by atoms with Crippen LogP contribution in [0.25, 0.3) is 22.0 Å². The number of hydrogen-bond acceptors (Lipinski definition) is 9. The number of carbonyl (C=O) groups excluding carboxylic acids is 4. The number of likely N-dealkylation sites (tertiary alicyclic amines) is 2. The molecular formula is C54H59ClF4N8O6. The van der Waals surface area contributed by atoms with E-state index in [1.165, 1.54) is 41.0 Å². The van der Waals surface area contributed by atoms with Crippen LogP contribution in [0.4, 0.5) is 28.2 Å². The van der Waals surface area contributed by atoms with Gasteiger partial charge in [0.1, 0.15) is 22.9 Å². The standard InChI is InChI=1S/C54H59ClF4N8O6/c1-29-42-40(26-38(57)46(55)45(42)44-35(50(60)69)13-14-39(72-3)47(44)58)73-54(29,33-7-5-4-6-8-33)28-61-34-11-9-32(10-12-34)52(70)66-22-15-30(16-23-66)27-65-20-17-31(18-21-65)43-37(56)25-36-49(48(43)59)64(2)63-51(36)67-24-19-41(68)62-53(67)71/h4-8,13-14,25-26,29-32,34,61H,9-12,15-24,27-28H2,1-3H3,(H2,60,69)(H,62,68,71). The van der Waals surface area contributed by atoms with Gasteiger partial charge in [0, 0.05) is 92.4 Å². The second-order valence-electron chi connectivity index (χ2n) is 20.4. The predicted octanol–water partition coefficient (Wildman–Crippen LogP) is 8.66. The molecule has 0 radical (unpaired) electrons. The number of aromatic nitrogens is 2. The molecule has 2 unspecified atom stereocenters. The van der Waals surface area contributed by atoms with E-state index < -0.39 is 52.6 Å². The highest BCUT2D eigenvalue weighted by Crippen LogP contribution is 2.56. The van der Waals surface area contributed by atoms with Crippen molar-refractivity contribution in [2.75, 3.05) is 57.8 Å². The van der Waals surface area contributed by atoms with Gasteiger partial charge in [-0.2, -0.15) is 5.10 Å². The van der Waals surface area contributed by atoms with E-state index in [2.05, 4.69) is 20.6 Å². The van der Waals surface area contributed by atoms with Crippen LogP contribution in [0.2, 0.25) is 5.02 Å². The number of ether oxygens (including phenoxy) is 2. The number of amides is 5. The Hall–Kier alpha value is -6.24. The average Bonchev–Trinajstić information content (AvgIpc) is 3.86. The van der Waals surface area contributed by atoms with E-state index in [0.29, 0.717) is 69.9 Å². The zero-order valence-electron chi connectivity index (χ0n) is 41.0. The summed E-state index contributed by atoms with van der Waals surface area (Å²) in [5.41, 5.74) is 5.58. The molecule has 5 heterocycles. The number of halogens is 5. The highest BCUT2D eigenvalue weighted by atomic mass is 35.5. The van der Waals surface area contributed by atoms with E-state index in [0.717, 1.165) is 37.8 Å². The highest BCUT2D eigenvalue weighted by Gasteiger charge is 2.50. The van der Waals surface area contributed by atoms with Crippen molar-refractivity contribution in [1.82, 2.24) is 30.2 Å². The third kappa shape index (κ3) is 9.17. The van der Waals surface area contributed by atoms with Gasteiger partial charge in [0.15, 0.2) is 28.8 Å². The molecule has 1 saturated carbocycles. The van der Waals surface area contributed by atoms with Gasteiger partial charge in [-0.05, 0) is 100 Å². The number of hydrogen-bond donors (Lipinski definition) is 3. The van der Waals surface area contributed by atoms with Crippen molar-refractivity contribution in [3.05, 3.63) is 105 Å². The number of benzene rings is 4. The Morgan fingerprint density at radius 3 is 2.27 bits per heavy atom. The van der Waals surface area contributed by atoms with Gasteiger partial charge in [0.2, 0.25) is 17.7 Å². The number of aryl methyl sites for hydroxylation is 1. The van der Waals surface area contributed by atoms with Crippen molar-refractivity contribution in [1.29, 1.82) is 0 Å². The first-order valence-electron chi connectivity index (χ1n) is 25.2. The summed E-state index contributed by atoms with van der Waals surface area (Å²) < 4.78 is 77.4. The molecule has 4 aromatic carbocycles. The van der Waals surface area contributed by atoms with Gasteiger partial charge >= 0.3 is 6.03 Å². The summed E-state index contributed by atoms with van der Waals surface area (Å²) in [5, 5.41) is 10.1. The summed E-state index contributed by atoms with van der Waals surface area (Å²) in [5.74, 6) is -4.67. The molecule has 5 aliphatic rings. The van der Waals surface area contributed by atoms with Gasteiger partial charge in [-0.1, -0.05) is 48.9 Å². The molecule has 1 aliphatic carbocycles. The third-order valence-corrected chi connectivity index (χ3v) is 16.6. The molecule has 5 amide bonds. The summed E-state index contributed by atoms with van der Waals surface area (Å²) >= 11 is 6.69. The predicted molar refractivity (Wildman–Crippen MR) is 267 cm³/mol. The maximum absolute atomic E-state index is 16.2. The summed E-state index contributed by atoms with van der Waals surface area (Å²) in [6, 6.07) is 14.0. The van der Waals surface area contributed by atoms with Crippen LogP contribution in [0.5, 0.6) is 11.5 Å². The number of rotatable bonds is 12. The molecule has 0 bridgehead atoms. The first-order valence-corrected chi connectivity index (χ1v) is 25.6. The fourth-order valence-corrected chi connectivity index (χ4v) is 12.5. The topological polar surface area (TPSA) is 164 Å². The number of nitrogens with two attached hydrogens (primary N) is 1. The molecule has 5 aromatic rings. The zero-order valence-corrected chi connectivity index (χ0v) is 41.8. The van der Waals surface area contributed by atoms with Crippen molar-refractivity contribution in [3.8, 4) is 22.6 Å². The van der Waals surface area contributed by atoms with Crippen LogP contribution in [0.15, 0.2) is 54.6 Å². The van der Waals surface area contributed by atoms with Gasteiger partial charge in [-0.15, -0.1) is 0 Å². The van der Waals surface area contributed by atoms with Crippen LogP contribution in [0.1, 0.15) is 104 Å². The first-order chi connectivity index (χ1) is 35.1. The number of nitrogens with one attached hydrogen (secondary N) is 2. The molecule has 4 fully saturated rings. The fourth-order valence-electron chi connectivity index (χ4n) is 12.3. The molecule has 2 atom stereocenters. The van der Waals surface area contributed by atoms with Crippen LogP contribution in [-0.2, 0) is 22.2 Å². The zero-order chi connectivity index (χ0) is 51.5. The average molecular weight is 1030 g/mol. The minimum atomic E-state index is -1.10. The quantitative estimate of drug-likeness (QED) is 0.104. The lowest BCUT2D eigenvalue weighted by Gasteiger charge is -2.40. The van der Waals surface area contributed by atoms with E-state index in [-0.39, 0.29) is 92.2 Å². The number of fused-ring (bicyclic) bond motifs is 2. The molecule has 0 spiro atoms. The Kier molecular flexibility index (Phi) is 13.9. The number of carbonyl (C=O) groups is 4. The summed E-state index contributed by atoms with van der Waals surface area (Å²) in [4.78, 5) is 56.5. The number of anilines is 1. The number of piperidine rings is 2. The van der Waals surface area contributed by atoms with Gasteiger partial charge < -0.3 is 30.3 Å². The molecule has 14 nitrogen and oxygen atoms in total. The van der Waals surface area contributed by atoms with Crippen molar-refractivity contribution in [3.63, 3.8) is 0 Å². The van der Waals surface area contributed by atoms with E-state index in [4.69, 9.17) is 26.8 Å². The summed E-state index contributed by atoms with van der Waals surface area (Å²) in [6.45, 7) is 5.88. The molecule has 4 N–H and O–H groups in total. The summed E-state index contributed by atoms with van der Waals surface area (Å²) in [6.07, 6.45) is 5.92. The third-order valence-electron chi connectivity index (χ3n) is 16.3. The lowest BCUT2D eigenvalue weighted by Crippen LogP contribution is -2.49. The van der Waals surface area contributed by atoms with Crippen LogP contribution in [0.3, 0.4) is 0 Å². The van der Waals surface area contributed by atoms with Crippen LogP contribution < -0.4 is 30.7 Å². The van der Waals surface area contributed by atoms with Crippen molar-refractivity contribution in [2.45, 2.75) is 88.2 Å². The number of primary amides is 1. The molecule has 19 heteroatoms. The summed E-state index contributed by atoms with van der Waals surface area (Å²) in [7, 11) is 2.85. The van der Waals surface area contributed by atoms with Crippen molar-refractivity contribution in [2.24, 2.45) is 24.6 Å². The molecular weight excluding hydrogens is 968 g/mol. The Morgan fingerprint density at radius 1 is 0.890 bits per heavy atom. The van der Waals surface area contributed by atoms with Gasteiger partial charge in [-0.25, -0.2) is 22.4 Å². The molecule has 386 valence electrons. The Bertz CT molecular complexity index is 2990. The lowest BCUT2D eigenvalue weighted by atomic mass is 9.77. The highest BCUT2D eigenvalue weighted by molar-refractivity contribution is 6.34. The molecule has 10 rings (SSSR count). The normalized spacial score (nSPS) is 23.2. The minimum absolute atomic E-state index is 0.0211. The van der Waals surface area contributed by atoms with Gasteiger partial charge in [-0.3, -0.25) is 29.3 Å². The van der Waals surface area contributed by atoms with Gasteiger partial charge in [0.25, 0.3) is 0 Å². The number of nitrogens with zero attached hydrogens (tertiary/aromatic N) is 5. The molecule has 1 aromatic heterocycles. The maximum atomic E-state index is 16.2. The lowest BCUT2D eigenvalue weighted by molar-refractivity contribution is -0.138. The monoisotopic (exact) mass is 1030 g/mol. The van der Waals surface area contributed by atoms with Gasteiger partial charge in [0.05, 0.1) is 23.1 Å². The van der Waals surface area contributed by atoms with E-state index >= 15 is 17.6 Å². The van der Waals surface area contributed by atoms with Crippen LogP contribution >= 0.6 is 11.6 Å². The van der Waals surface area contributed by atoms with E-state index in [9.17, 15) is 19.2 Å². The van der Waals surface area contributed by atoms with Crippen molar-refractivity contribution < 1.29 is 46.2 Å². The molecule has 73 heavy (non-hydrogen) atoms. The van der Waals surface area contributed by atoms with Crippen molar-refractivity contribution >= 4 is 52.1 Å². The fraction of sp³-hybridized carbons (Fsp3) is 0.463. The van der Waals surface area contributed by atoms with E-state index in [1.54, 1.807) is 7.05 Å². The second-order valence-corrected chi connectivity index (χ2v) is 20.7. The SMILES string of the molecule is COc1ccc(C(N)=O)c(-c2c(Cl)c(F)cc3c2C(C)C(CNC2CCC(C(=O)N4CCC(CN5CCC(c6c(F)cc7c(N8CCC(=O)NC8=O)nn(C)c7c6F)CC5)CC4)CC2)(c2ccccc2)O3)c1F. The van der Waals surface area contributed by atoms with Crippen LogP contribution in [-0.4, -0.2) is 102 Å². The van der Waals surface area contributed by atoms with Crippen LogP contribution in [0, 0.1) is 35.1 Å². The molecule has 3 saturated heterocycles. The minimum Gasteiger partial charge on any atom is -0.494 e. The first kappa shape index (κ1) is 50.3. The Balaban J connectivity index is 0.735. The Morgan fingerprint density at radius 2 is 1.60 bits per heavy atom.